The Labute approximate surface area is 188 Å². The number of rotatable bonds is 5. The predicted octanol–water partition coefficient (Wildman–Crippen LogP) is 2.39. The van der Waals surface area contributed by atoms with Gasteiger partial charge in [-0.3, -0.25) is 4.79 Å². The second-order valence-corrected chi connectivity index (χ2v) is 8.67. The van der Waals surface area contributed by atoms with Crippen molar-refractivity contribution in [3.8, 4) is 0 Å². The van der Waals surface area contributed by atoms with E-state index in [0.717, 1.165) is 42.9 Å². The molecule has 3 heterocycles. The number of ether oxygens (including phenoxy) is 1. The van der Waals surface area contributed by atoms with E-state index in [2.05, 4.69) is 20.9 Å². The van der Waals surface area contributed by atoms with Crippen LogP contribution >= 0.6 is 0 Å². The summed E-state index contributed by atoms with van der Waals surface area (Å²) in [4.78, 5) is 35.9. The summed E-state index contributed by atoms with van der Waals surface area (Å²) in [6.45, 7) is 6.23. The fraction of sp³-hybridized carbons (Fsp3) is 0.478. The third kappa shape index (κ3) is 4.52. The van der Waals surface area contributed by atoms with E-state index in [1.807, 2.05) is 32.2 Å². The predicted molar refractivity (Wildman–Crippen MR) is 120 cm³/mol. The number of hydrogen-bond acceptors (Lipinski definition) is 6. The van der Waals surface area contributed by atoms with Crippen molar-refractivity contribution in [3.63, 3.8) is 0 Å². The number of nitrogens with one attached hydrogen (secondary N) is 3. The fourth-order valence-corrected chi connectivity index (χ4v) is 4.20. The van der Waals surface area contributed by atoms with Gasteiger partial charge in [0.15, 0.2) is 0 Å². The zero-order valence-electron chi connectivity index (χ0n) is 18.8. The molecule has 0 saturated carbocycles. The quantitative estimate of drug-likeness (QED) is 0.662. The van der Waals surface area contributed by atoms with Crippen LogP contribution in [0.4, 0.5) is 10.7 Å². The number of urea groups is 1. The van der Waals surface area contributed by atoms with E-state index in [1.165, 1.54) is 0 Å². The maximum absolute atomic E-state index is 13.0. The molecular formula is C23H30N6O3. The monoisotopic (exact) mass is 438 g/mol. The van der Waals surface area contributed by atoms with Crippen LogP contribution < -0.4 is 16.0 Å². The summed E-state index contributed by atoms with van der Waals surface area (Å²) in [5, 5.41) is 8.98. The van der Waals surface area contributed by atoms with Gasteiger partial charge in [-0.15, -0.1) is 0 Å². The van der Waals surface area contributed by atoms with Gasteiger partial charge < -0.3 is 25.6 Å². The summed E-state index contributed by atoms with van der Waals surface area (Å²) in [6, 6.07) is 7.34. The number of carbonyl (C=O) groups is 2. The molecule has 9 heteroatoms. The van der Waals surface area contributed by atoms with Gasteiger partial charge >= 0.3 is 6.03 Å². The van der Waals surface area contributed by atoms with Gasteiger partial charge in [0.2, 0.25) is 5.95 Å². The first kappa shape index (κ1) is 22.0. The van der Waals surface area contributed by atoms with Gasteiger partial charge in [-0.2, -0.15) is 0 Å². The number of hydrogen-bond donors (Lipinski definition) is 3. The molecular weight excluding hydrogens is 408 g/mol. The Morgan fingerprint density at radius 1 is 1.25 bits per heavy atom. The average molecular weight is 439 g/mol. The van der Waals surface area contributed by atoms with Gasteiger partial charge in [0, 0.05) is 50.2 Å². The van der Waals surface area contributed by atoms with E-state index in [0.29, 0.717) is 30.6 Å². The third-order valence-electron chi connectivity index (χ3n) is 6.17. The number of fused-ring (bicyclic) bond motifs is 1. The first-order chi connectivity index (χ1) is 15.4. The van der Waals surface area contributed by atoms with E-state index >= 15 is 0 Å². The largest absolute Gasteiger partial charge is 0.381 e. The number of benzene rings is 1. The summed E-state index contributed by atoms with van der Waals surface area (Å²) in [6.07, 6.45) is 3.69. The van der Waals surface area contributed by atoms with Crippen molar-refractivity contribution in [2.75, 3.05) is 25.6 Å². The molecule has 3 amide bonds. The molecule has 0 aliphatic carbocycles. The lowest BCUT2D eigenvalue weighted by Gasteiger charge is -2.32. The highest BCUT2D eigenvalue weighted by Gasteiger charge is 2.41. The van der Waals surface area contributed by atoms with Gasteiger partial charge in [-0.05, 0) is 44.4 Å². The molecule has 1 aromatic carbocycles. The zero-order chi connectivity index (χ0) is 22.7. The van der Waals surface area contributed by atoms with E-state index in [-0.39, 0.29) is 11.9 Å². The van der Waals surface area contributed by atoms with Gasteiger partial charge in [-0.25, -0.2) is 14.8 Å². The maximum atomic E-state index is 13.0. The highest BCUT2D eigenvalue weighted by Crippen LogP contribution is 2.37. The SMILES string of the molecule is CNC(=O)c1cccc(CNC(=O)N2Cc3nc(NC4CCOCC4)ncc3C2(C)C)c1. The Morgan fingerprint density at radius 3 is 2.78 bits per heavy atom. The number of aromatic nitrogens is 2. The minimum absolute atomic E-state index is 0.155. The standard InChI is InChI=1S/C23H30N6O3/c1-23(2)18-13-25-21(27-17-7-9-32-10-8-17)28-19(18)14-29(23)22(31)26-12-15-5-4-6-16(11-15)20(30)24-3/h4-6,11,13,17H,7-10,12,14H2,1-3H3,(H,24,30)(H,26,31)(H,25,27,28). The molecule has 1 saturated heterocycles. The Hall–Kier alpha value is -3.20. The summed E-state index contributed by atoms with van der Waals surface area (Å²) in [5.41, 5.74) is 2.70. The summed E-state index contributed by atoms with van der Waals surface area (Å²) in [5.74, 6) is 0.442. The van der Waals surface area contributed by atoms with Crippen molar-refractivity contribution in [1.29, 1.82) is 0 Å². The maximum Gasteiger partial charge on any atom is 0.318 e. The Balaban J connectivity index is 1.42. The van der Waals surface area contributed by atoms with Crippen LogP contribution in [-0.4, -0.2) is 53.1 Å². The summed E-state index contributed by atoms with van der Waals surface area (Å²) in [7, 11) is 1.59. The van der Waals surface area contributed by atoms with Gasteiger partial charge in [0.05, 0.1) is 17.8 Å². The highest BCUT2D eigenvalue weighted by molar-refractivity contribution is 5.94. The van der Waals surface area contributed by atoms with Crippen LogP contribution in [0.15, 0.2) is 30.5 Å². The van der Waals surface area contributed by atoms with Crippen LogP contribution in [0.25, 0.3) is 0 Å². The second kappa shape index (κ2) is 9.12. The minimum atomic E-state index is -0.527. The van der Waals surface area contributed by atoms with Crippen molar-refractivity contribution < 1.29 is 14.3 Å². The molecule has 1 fully saturated rings. The Kier molecular flexibility index (Phi) is 6.27. The zero-order valence-corrected chi connectivity index (χ0v) is 18.8. The van der Waals surface area contributed by atoms with Crippen LogP contribution in [0.5, 0.6) is 0 Å². The molecule has 0 radical (unpaired) electrons. The van der Waals surface area contributed by atoms with E-state index in [9.17, 15) is 9.59 Å². The molecule has 32 heavy (non-hydrogen) atoms. The molecule has 0 bridgehead atoms. The number of nitrogens with zero attached hydrogens (tertiary/aromatic N) is 3. The molecule has 1 aromatic heterocycles. The normalized spacial score (nSPS) is 17.5. The molecule has 2 aliphatic rings. The van der Waals surface area contributed by atoms with E-state index < -0.39 is 5.54 Å². The van der Waals surface area contributed by atoms with Crippen molar-refractivity contribution in [2.45, 2.75) is 51.4 Å². The third-order valence-corrected chi connectivity index (χ3v) is 6.17. The Morgan fingerprint density at radius 2 is 2.03 bits per heavy atom. The van der Waals surface area contributed by atoms with Gasteiger partial charge in [0.1, 0.15) is 0 Å². The number of anilines is 1. The minimum Gasteiger partial charge on any atom is -0.381 e. The van der Waals surface area contributed by atoms with E-state index in [1.54, 1.807) is 24.1 Å². The summed E-state index contributed by atoms with van der Waals surface area (Å²) >= 11 is 0. The first-order valence-corrected chi connectivity index (χ1v) is 11.0. The molecule has 4 rings (SSSR count). The molecule has 0 unspecified atom stereocenters. The highest BCUT2D eigenvalue weighted by atomic mass is 16.5. The molecule has 2 aliphatic heterocycles. The summed E-state index contributed by atoms with van der Waals surface area (Å²) < 4.78 is 5.41. The van der Waals surface area contributed by atoms with Crippen LogP contribution in [0, 0.1) is 0 Å². The first-order valence-electron chi connectivity index (χ1n) is 11.0. The van der Waals surface area contributed by atoms with Crippen molar-refractivity contribution in [1.82, 2.24) is 25.5 Å². The lowest BCUT2D eigenvalue weighted by molar-refractivity contribution is 0.0903. The molecule has 9 nitrogen and oxygen atoms in total. The molecule has 170 valence electrons. The fourth-order valence-electron chi connectivity index (χ4n) is 4.20. The van der Waals surface area contributed by atoms with Crippen molar-refractivity contribution in [2.24, 2.45) is 0 Å². The number of amides is 3. The van der Waals surface area contributed by atoms with Crippen LogP contribution in [-0.2, 0) is 23.4 Å². The lowest BCUT2D eigenvalue weighted by Crippen LogP contribution is -2.45. The van der Waals surface area contributed by atoms with E-state index in [4.69, 9.17) is 9.72 Å². The van der Waals surface area contributed by atoms with Crippen molar-refractivity contribution >= 4 is 17.9 Å². The second-order valence-electron chi connectivity index (χ2n) is 8.67. The van der Waals surface area contributed by atoms with Crippen LogP contribution in [0.2, 0.25) is 0 Å². The molecule has 0 atom stereocenters. The van der Waals surface area contributed by atoms with Crippen LogP contribution in [0.1, 0.15) is 53.9 Å². The molecule has 0 spiro atoms. The smallest absolute Gasteiger partial charge is 0.318 e. The van der Waals surface area contributed by atoms with Crippen molar-refractivity contribution in [3.05, 3.63) is 52.8 Å². The van der Waals surface area contributed by atoms with Gasteiger partial charge in [0.25, 0.3) is 5.91 Å². The topological polar surface area (TPSA) is 108 Å². The lowest BCUT2D eigenvalue weighted by atomic mass is 9.97. The van der Waals surface area contributed by atoms with Gasteiger partial charge in [-0.1, -0.05) is 12.1 Å². The molecule has 2 aromatic rings. The Bertz CT molecular complexity index is 1000. The number of carbonyl (C=O) groups excluding carboxylic acids is 2. The van der Waals surface area contributed by atoms with Crippen LogP contribution in [0.3, 0.4) is 0 Å². The molecule has 3 N–H and O–H groups in total. The average Bonchev–Trinajstić information content (AvgIpc) is 3.07.